The molecule has 1 radical (unpaired) electrons. The van der Waals surface area contributed by atoms with Gasteiger partial charge in [0, 0.05) is 5.57 Å². The molecular formula is C12H7N2OS2. The minimum Gasteiger partial charge on any atom is -0.265 e. The van der Waals surface area contributed by atoms with Crippen LogP contribution in [0.3, 0.4) is 0 Å². The third kappa shape index (κ3) is 1.83. The quantitative estimate of drug-likeness (QED) is 0.817. The fraction of sp³-hybridized carbons (Fsp3) is 0. The molecule has 3 heterocycles. The molecule has 0 aromatic carbocycles. The van der Waals surface area contributed by atoms with Gasteiger partial charge < -0.3 is 0 Å². The molecule has 0 fully saturated rings. The molecule has 83 valence electrons. The van der Waals surface area contributed by atoms with E-state index in [0.717, 1.165) is 16.7 Å². The van der Waals surface area contributed by atoms with E-state index in [-0.39, 0.29) is 5.91 Å². The lowest BCUT2D eigenvalue weighted by molar-refractivity contribution is -0.115. The normalized spacial score (nSPS) is 15.2. The predicted octanol–water partition coefficient (Wildman–Crippen LogP) is 2.85. The first-order chi connectivity index (χ1) is 8.36. The van der Waals surface area contributed by atoms with Gasteiger partial charge in [-0.1, -0.05) is 0 Å². The maximum Gasteiger partial charge on any atom is 0.296 e. The van der Waals surface area contributed by atoms with Crippen molar-refractivity contribution in [2.45, 2.75) is 0 Å². The molecule has 3 rings (SSSR count). The highest BCUT2D eigenvalue weighted by molar-refractivity contribution is 7.08. The van der Waals surface area contributed by atoms with Gasteiger partial charge in [0.05, 0.1) is 11.8 Å². The summed E-state index contributed by atoms with van der Waals surface area (Å²) in [5.41, 5.74) is 7.03. The molecule has 0 atom stereocenters. The van der Waals surface area contributed by atoms with Gasteiger partial charge in [-0.15, -0.1) is 5.43 Å². The van der Waals surface area contributed by atoms with Gasteiger partial charge in [0.25, 0.3) is 5.91 Å². The van der Waals surface area contributed by atoms with Gasteiger partial charge in [-0.2, -0.15) is 27.8 Å². The molecule has 0 spiro atoms. The minimum atomic E-state index is -0.271. The van der Waals surface area contributed by atoms with Crippen LogP contribution in [-0.2, 0) is 4.79 Å². The van der Waals surface area contributed by atoms with Crippen LogP contribution in [0.25, 0.3) is 11.1 Å². The number of carbonyl (C=O) groups excluding carboxylic acids is 1. The summed E-state index contributed by atoms with van der Waals surface area (Å²) in [4.78, 5) is 11.9. The van der Waals surface area contributed by atoms with Gasteiger partial charge in [0.1, 0.15) is 0 Å². The summed E-state index contributed by atoms with van der Waals surface area (Å²) in [6, 6.07) is 3.91. The van der Waals surface area contributed by atoms with Crippen molar-refractivity contribution in [2.24, 2.45) is 5.10 Å². The van der Waals surface area contributed by atoms with Crippen LogP contribution in [0.15, 0.2) is 38.8 Å². The maximum absolute atomic E-state index is 11.9. The Morgan fingerprint density at radius 1 is 1.00 bits per heavy atom. The van der Waals surface area contributed by atoms with Crippen LogP contribution in [0.4, 0.5) is 0 Å². The molecule has 5 heteroatoms. The van der Waals surface area contributed by atoms with Crippen molar-refractivity contribution in [3.8, 4) is 0 Å². The van der Waals surface area contributed by atoms with Crippen molar-refractivity contribution in [2.75, 3.05) is 0 Å². The summed E-state index contributed by atoms with van der Waals surface area (Å²) < 4.78 is 0. The van der Waals surface area contributed by atoms with Gasteiger partial charge >= 0.3 is 0 Å². The predicted molar refractivity (Wildman–Crippen MR) is 71.1 cm³/mol. The van der Waals surface area contributed by atoms with E-state index in [4.69, 9.17) is 0 Å². The van der Waals surface area contributed by atoms with Crippen LogP contribution in [0.5, 0.6) is 0 Å². The van der Waals surface area contributed by atoms with Crippen molar-refractivity contribution in [3.63, 3.8) is 0 Å². The Hall–Kier alpha value is -1.72. The SMILES string of the molecule is O=C1[N]N=CC(c2ccsc2)=C1c1ccsc1. The zero-order chi connectivity index (χ0) is 11.7. The lowest BCUT2D eigenvalue weighted by Gasteiger charge is -2.11. The van der Waals surface area contributed by atoms with Gasteiger partial charge in [0.2, 0.25) is 0 Å². The molecule has 0 unspecified atom stereocenters. The lowest BCUT2D eigenvalue weighted by Crippen LogP contribution is -2.18. The molecule has 0 aliphatic carbocycles. The number of hydrogen-bond donors (Lipinski definition) is 0. The highest BCUT2D eigenvalue weighted by Gasteiger charge is 2.22. The first-order valence-corrected chi connectivity index (χ1v) is 6.82. The zero-order valence-electron chi connectivity index (χ0n) is 8.66. The molecule has 2 aromatic heterocycles. The minimum absolute atomic E-state index is 0.271. The maximum atomic E-state index is 11.9. The molecule has 0 bridgehead atoms. The van der Waals surface area contributed by atoms with E-state index in [2.05, 4.69) is 10.5 Å². The largest absolute Gasteiger partial charge is 0.296 e. The molecule has 0 N–H and O–H groups in total. The van der Waals surface area contributed by atoms with Crippen LogP contribution in [0.1, 0.15) is 11.1 Å². The highest BCUT2D eigenvalue weighted by Crippen LogP contribution is 2.29. The second-order valence-electron chi connectivity index (χ2n) is 3.46. The molecular weight excluding hydrogens is 252 g/mol. The van der Waals surface area contributed by atoms with E-state index in [1.54, 1.807) is 28.9 Å². The average molecular weight is 259 g/mol. The molecule has 2 aromatic rings. The summed E-state index contributed by atoms with van der Waals surface area (Å²) in [6.07, 6.45) is 1.65. The zero-order valence-corrected chi connectivity index (χ0v) is 10.3. The Morgan fingerprint density at radius 3 is 2.35 bits per heavy atom. The number of amides is 1. The summed E-state index contributed by atoms with van der Waals surface area (Å²) >= 11 is 3.16. The third-order valence-corrected chi connectivity index (χ3v) is 3.83. The Bertz CT molecular complexity index is 595. The lowest BCUT2D eigenvalue weighted by atomic mass is 9.97. The standard InChI is InChI=1S/C12H7N2OS2/c15-12-11(9-2-4-17-7-9)10(5-13-14-12)8-1-3-16-6-8/h1-7H. The van der Waals surface area contributed by atoms with Crippen LogP contribution in [-0.4, -0.2) is 12.1 Å². The van der Waals surface area contributed by atoms with Gasteiger partial charge in [-0.25, -0.2) is 0 Å². The fourth-order valence-electron chi connectivity index (χ4n) is 1.69. The number of nitrogens with zero attached hydrogens (tertiary/aromatic N) is 2. The van der Waals surface area contributed by atoms with Crippen LogP contribution < -0.4 is 5.43 Å². The summed E-state index contributed by atoms with van der Waals surface area (Å²) in [7, 11) is 0. The Labute approximate surface area is 106 Å². The number of allylic oxidation sites excluding steroid dienone is 1. The Balaban J connectivity index is 2.21. The number of thiophene rings is 2. The number of rotatable bonds is 2. The van der Waals surface area contributed by atoms with Crippen molar-refractivity contribution < 1.29 is 4.79 Å². The smallest absolute Gasteiger partial charge is 0.265 e. The van der Waals surface area contributed by atoms with E-state index in [0.29, 0.717) is 5.57 Å². The Kier molecular flexibility index (Phi) is 2.62. The molecule has 0 saturated carbocycles. The topological polar surface area (TPSA) is 43.5 Å². The van der Waals surface area contributed by atoms with Gasteiger partial charge in [-0.3, -0.25) is 4.79 Å². The number of carbonyl (C=O) groups is 1. The summed E-state index contributed by atoms with van der Waals surface area (Å²) in [5.74, 6) is -0.271. The van der Waals surface area contributed by atoms with E-state index < -0.39 is 0 Å². The first-order valence-electron chi connectivity index (χ1n) is 4.94. The molecule has 0 saturated heterocycles. The van der Waals surface area contributed by atoms with Crippen molar-refractivity contribution in [1.82, 2.24) is 5.43 Å². The molecule has 1 amide bonds. The number of hydrogen-bond acceptors (Lipinski definition) is 4. The van der Waals surface area contributed by atoms with Gasteiger partial charge in [0.15, 0.2) is 0 Å². The molecule has 3 nitrogen and oxygen atoms in total. The van der Waals surface area contributed by atoms with E-state index in [1.807, 2.05) is 33.7 Å². The molecule has 1 aliphatic heterocycles. The molecule has 17 heavy (non-hydrogen) atoms. The van der Waals surface area contributed by atoms with E-state index in [9.17, 15) is 4.79 Å². The second kappa shape index (κ2) is 4.27. The highest BCUT2D eigenvalue weighted by atomic mass is 32.1. The monoisotopic (exact) mass is 259 g/mol. The van der Waals surface area contributed by atoms with Crippen LogP contribution in [0, 0.1) is 0 Å². The van der Waals surface area contributed by atoms with Crippen molar-refractivity contribution in [1.29, 1.82) is 0 Å². The van der Waals surface area contributed by atoms with Crippen LogP contribution >= 0.6 is 22.7 Å². The van der Waals surface area contributed by atoms with Crippen molar-refractivity contribution >= 4 is 45.9 Å². The van der Waals surface area contributed by atoms with E-state index >= 15 is 0 Å². The first kappa shape index (κ1) is 10.4. The average Bonchev–Trinajstić information content (AvgIpc) is 3.02. The van der Waals surface area contributed by atoms with Gasteiger partial charge in [-0.05, 0) is 44.8 Å². The Morgan fingerprint density at radius 2 is 1.71 bits per heavy atom. The molecule has 1 aliphatic rings. The van der Waals surface area contributed by atoms with Crippen LogP contribution in [0.2, 0.25) is 0 Å². The third-order valence-electron chi connectivity index (χ3n) is 2.46. The van der Waals surface area contributed by atoms with Crippen molar-refractivity contribution in [3.05, 3.63) is 44.8 Å². The second-order valence-corrected chi connectivity index (χ2v) is 5.02. The fourth-order valence-corrected chi connectivity index (χ4v) is 2.99. The summed E-state index contributed by atoms with van der Waals surface area (Å²) in [6.45, 7) is 0. The summed E-state index contributed by atoms with van der Waals surface area (Å²) in [5, 5.41) is 11.6. The van der Waals surface area contributed by atoms with E-state index in [1.165, 1.54) is 0 Å².